The minimum atomic E-state index is -0.286. The lowest BCUT2D eigenvalue weighted by molar-refractivity contribution is -0.145. The number of carbonyl (C=O) groups excluding carboxylic acids is 1. The zero-order chi connectivity index (χ0) is 23.6. The third-order valence-electron chi connectivity index (χ3n) is 5.10. The molecule has 1 rings (SSSR count). The Balaban J connectivity index is 0.0000102. The summed E-state index contributed by atoms with van der Waals surface area (Å²) in [4.78, 5) is 14.7. The number of hydrogen-bond donors (Lipinski definition) is 0. The lowest BCUT2D eigenvalue weighted by atomic mass is 9.97. The van der Waals surface area contributed by atoms with Crippen molar-refractivity contribution >= 4 is 18.4 Å². The number of ether oxygens (including phenoxy) is 5. The largest absolute Gasteiger partial charge is 0.464 e. The Morgan fingerprint density at radius 2 is 1.30 bits per heavy atom. The highest BCUT2D eigenvalue weighted by Crippen LogP contribution is 2.19. The average Bonchev–Trinajstić information content (AvgIpc) is 2.77. The fourth-order valence-corrected chi connectivity index (χ4v) is 3.16. The van der Waals surface area contributed by atoms with Crippen molar-refractivity contribution in [2.24, 2.45) is 5.92 Å². The van der Waals surface area contributed by atoms with Crippen LogP contribution in [0, 0.1) is 5.92 Å². The summed E-state index contributed by atoms with van der Waals surface area (Å²) < 4.78 is 26.7. The van der Waals surface area contributed by atoms with Crippen molar-refractivity contribution in [2.45, 2.75) is 33.1 Å². The predicted molar refractivity (Wildman–Crippen MR) is 133 cm³/mol. The van der Waals surface area contributed by atoms with E-state index in [9.17, 15) is 4.79 Å². The number of methoxy groups -OCH3 is 2. The number of nitrogens with zero attached hydrogens (tertiary/aromatic N) is 1. The van der Waals surface area contributed by atoms with Crippen LogP contribution in [-0.2, 0) is 34.9 Å². The highest BCUT2D eigenvalue weighted by atomic mass is 35.5. The number of benzene rings is 1. The van der Waals surface area contributed by atoms with Crippen LogP contribution in [0.2, 0.25) is 0 Å². The van der Waals surface area contributed by atoms with Crippen LogP contribution in [-0.4, -0.2) is 91.0 Å². The van der Waals surface area contributed by atoms with Gasteiger partial charge in [-0.2, -0.15) is 0 Å². The van der Waals surface area contributed by atoms with Gasteiger partial charge in [0.05, 0.1) is 45.6 Å². The fourth-order valence-electron chi connectivity index (χ4n) is 3.16. The van der Waals surface area contributed by atoms with Crippen LogP contribution in [0.25, 0.3) is 0 Å². The lowest BCUT2D eigenvalue weighted by Gasteiger charge is -2.22. The van der Waals surface area contributed by atoms with Gasteiger partial charge in [0.1, 0.15) is 6.61 Å². The molecule has 0 aliphatic carbocycles. The molecule has 7 nitrogen and oxygen atoms in total. The highest BCUT2D eigenvalue weighted by Gasteiger charge is 2.17. The molecule has 0 aromatic heterocycles. The van der Waals surface area contributed by atoms with E-state index in [0.717, 1.165) is 25.1 Å². The van der Waals surface area contributed by atoms with Gasteiger partial charge in [-0.1, -0.05) is 38.1 Å². The second-order valence-electron chi connectivity index (χ2n) is 8.28. The van der Waals surface area contributed by atoms with Crippen molar-refractivity contribution in [1.82, 2.24) is 4.90 Å². The summed E-state index contributed by atoms with van der Waals surface area (Å²) in [6.45, 7) is 12.2. The Morgan fingerprint density at radius 3 is 1.79 bits per heavy atom. The van der Waals surface area contributed by atoms with Crippen LogP contribution in [0.4, 0.5) is 0 Å². The first-order chi connectivity index (χ1) is 15.5. The van der Waals surface area contributed by atoms with Crippen molar-refractivity contribution in [3.8, 4) is 0 Å². The van der Waals surface area contributed by atoms with Crippen LogP contribution >= 0.6 is 12.4 Å². The summed E-state index contributed by atoms with van der Waals surface area (Å²) in [5.41, 5.74) is 2.28. The first-order valence-electron chi connectivity index (χ1n) is 11.6. The average molecular weight is 490 g/mol. The number of rotatable bonds is 19. The highest BCUT2D eigenvalue weighted by molar-refractivity contribution is 5.85. The molecule has 0 amide bonds. The Hall–Kier alpha value is -1.22. The minimum absolute atomic E-state index is 0. The van der Waals surface area contributed by atoms with E-state index in [0.29, 0.717) is 58.7 Å². The molecule has 0 bridgehead atoms. The molecular weight excluding hydrogens is 446 g/mol. The molecule has 0 saturated heterocycles. The Bertz CT molecular complexity index is 585. The molecule has 192 valence electrons. The Morgan fingerprint density at radius 1 is 0.788 bits per heavy atom. The van der Waals surface area contributed by atoms with Crippen molar-refractivity contribution in [2.75, 3.05) is 80.1 Å². The molecule has 1 atom stereocenters. The quantitative estimate of drug-likeness (QED) is 0.217. The SMILES string of the molecule is COCCOCCN(CCOCCOC)CCOC(=O)C(C)c1ccc(CC(C)C)cc1.Cl. The molecule has 0 aliphatic heterocycles. The normalized spacial score (nSPS) is 12.1. The maximum Gasteiger partial charge on any atom is 0.313 e. The zero-order valence-corrected chi connectivity index (χ0v) is 21.9. The van der Waals surface area contributed by atoms with E-state index in [1.807, 2.05) is 19.1 Å². The van der Waals surface area contributed by atoms with Gasteiger partial charge in [-0.25, -0.2) is 0 Å². The molecule has 0 fully saturated rings. The van der Waals surface area contributed by atoms with E-state index in [4.69, 9.17) is 23.7 Å². The van der Waals surface area contributed by atoms with E-state index in [2.05, 4.69) is 30.9 Å². The second kappa shape index (κ2) is 20.2. The number of esters is 1. The predicted octanol–water partition coefficient (Wildman–Crippen LogP) is 3.58. The van der Waals surface area contributed by atoms with Crippen LogP contribution in [0.1, 0.15) is 37.8 Å². The van der Waals surface area contributed by atoms with Crippen molar-refractivity contribution < 1.29 is 28.5 Å². The Labute approximate surface area is 206 Å². The van der Waals surface area contributed by atoms with Gasteiger partial charge in [0, 0.05) is 33.9 Å². The molecule has 0 heterocycles. The van der Waals surface area contributed by atoms with Gasteiger partial charge in [-0.15, -0.1) is 12.4 Å². The molecule has 33 heavy (non-hydrogen) atoms. The summed E-state index contributed by atoms with van der Waals surface area (Å²) >= 11 is 0. The first-order valence-corrected chi connectivity index (χ1v) is 11.6. The maximum absolute atomic E-state index is 12.5. The van der Waals surface area contributed by atoms with Crippen molar-refractivity contribution in [1.29, 1.82) is 0 Å². The second-order valence-corrected chi connectivity index (χ2v) is 8.28. The van der Waals surface area contributed by atoms with Gasteiger partial charge in [-0.3, -0.25) is 9.69 Å². The monoisotopic (exact) mass is 489 g/mol. The maximum atomic E-state index is 12.5. The van der Waals surface area contributed by atoms with Gasteiger partial charge in [0.25, 0.3) is 0 Å². The molecular formula is C25H44ClNO6. The molecule has 1 unspecified atom stereocenters. The molecule has 0 N–H and O–H groups in total. The summed E-state index contributed by atoms with van der Waals surface area (Å²) in [7, 11) is 3.31. The third kappa shape index (κ3) is 15.3. The van der Waals surface area contributed by atoms with E-state index < -0.39 is 0 Å². The number of carbonyl (C=O) groups is 1. The van der Waals surface area contributed by atoms with Crippen LogP contribution < -0.4 is 0 Å². The van der Waals surface area contributed by atoms with E-state index >= 15 is 0 Å². The van der Waals surface area contributed by atoms with Crippen LogP contribution in [0.15, 0.2) is 24.3 Å². The summed E-state index contributed by atoms with van der Waals surface area (Å²) in [6, 6.07) is 8.28. The lowest BCUT2D eigenvalue weighted by Crippen LogP contribution is -2.35. The summed E-state index contributed by atoms with van der Waals surface area (Å²) in [5, 5.41) is 0. The molecule has 0 radical (unpaired) electrons. The van der Waals surface area contributed by atoms with Gasteiger partial charge in [0.15, 0.2) is 0 Å². The molecule has 0 saturated carbocycles. The number of halogens is 1. The van der Waals surface area contributed by atoms with Gasteiger partial charge < -0.3 is 23.7 Å². The molecule has 0 aliphatic rings. The third-order valence-corrected chi connectivity index (χ3v) is 5.10. The van der Waals surface area contributed by atoms with Crippen molar-refractivity contribution in [3.05, 3.63) is 35.4 Å². The van der Waals surface area contributed by atoms with Crippen LogP contribution in [0.5, 0.6) is 0 Å². The van der Waals surface area contributed by atoms with Gasteiger partial charge in [0.2, 0.25) is 0 Å². The molecule has 0 spiro atoms. The van der Waals surface area contributed by atoms with E-state index in [1.54, 1.807) is 14.2 Å². The standard InChI is InChI=1S/C25H43NO6.ClH/c1-21(2)20-23-6-8-24(9-7-23)22(3)25(27)32-15-12-26(10-13-30-18-16-28-4)11-14-31-19-17-29-5;/h6-9,21-22H,10-20H2,1-5H3;1H. The van der Waals surface area contributed by atoms with Crippen LogP contribution in [0.3, 0.4) is 0 Å². The summed E-state index contributed by atoms with van der Waals surface area (Å²) in [5.74, 6) is 0.127. The van der Waals surface area contributed by atoms with Gasteiger partial charge >= 0.3 is 5.97 Å². The van der Waals surface area contributed by atoms with E-state index in [-0.39, 0.29) is 24.3 Å². The summed E-state index contributed by atoms with van der Waals surface area (Å²) in [6.07, 6.45) is 1.04. The zero-order valence-electron chi connectivity index (χ0n) is 21.0. The van der Waals surface area contributed by atoms with E-state index in [1.165, 1.54) is 5.56 Å². The fraction of sp³-hybridized carbons (Fsp3) is 0.720. The molecule has 8 heteroatoms. The molecule has 1 aromatic rings. The Kier molecular flexibility index (Phi) is 19.4. The first kappa shape index (κ1) is 31.8. The van der Waals surface area contributed by atoms with Gasteiger partial charge in [-0.05, 0) is 30.4 Å². The number of hydrogen-bond acceptors (Lipinski definition) is 7. The minimum Gasteiger partial charge on any atom is -0.464 e. The van der Waals surface area contributed by atoms with Crippen molar-refractivity contribution in [3.63, 3.8) is 0 Å². The smallest absolute Gasteiger partial charge is 0.313 e. The molecule has 1 aromatic carbocycles. The topological polar surface area (TPSA) is 66.5 Å².